The van der Waals surface area contributed by atoms with Crippen LogP contribution in [0.1, 0.15) is 29.1 Å². The molecule has 6 heteroatoms. The molecule has 2 aromatic carbocycles. The number of carbonyl (C=O) groups is 1. The Morgan fingerprint density at radius 3 is 2.65 bits per heavy atom. The highest BCUT2D eigenvalue weighted by atomic mass is 32.1. The molecule has 1 aliphatic heterocycles. The topological polar surface area (TPSA) is 51.7 Å². The van der Waals surface area contributed by atoms with Crippen molar-refractivity contribution in [3.63, 3.8) is 0 Å². The Morgan fingerprint density at radius 1 is 1.13 bits per heavy atom. The van der Waals surface area contributed by atoms with Gasteiger partial charge in [0.25, 0.3) is 0 Å². The monoisotopic (exact) mass is 434 g/mol. The lowest BCUT2D eigenvalue weighted by Gasteiger charge is -2.31. The molecule has 1 fully saturated rings. The van der Waals surface area contributed by atoms with Crippen LogP contribution in [0.2, 0.25) is 0 Å². The number of benzene rings is 2. The molecule has 0 saturated carbocycles. The van der Waals surface area contributed by atoms with Crippen molar-refractivity contribution in [2.24, 2.45) is 0 Å². The van der Waals surface area contributed by atoms with Gasteiger partial charge in [-0.3, -0.25) is 4.79 Å². The first-order valence-corrected chi connectivity index (χ1v) is 11.4. The van der Waals surface area contributed by atoms with Gasteiger partial charge in [-0.2, -0.15) is 0 Å². The molecule has 0 spiro atoms. The van der Waals surface area contributed by atoms with Crippen molar-refractivity contribution in [3.8, 4) is 11.5 Å². The molecule has 1 aliphatic rings. The standard InChI is InChI=1S/C25H26N2O3S/c1-19-26-21(18-31-19)17-29-24-9-5-6-20(16-24)10-11-25(28)27-14-12-23(13-15-27)30-22-7-3-2-4-8-22/h2-11,16,18,23H,12-15,17H2,1H3/b11-10-. The summed E-state index contributed by atoms with van der Waals surface area (Å²) in [6.07, 6.45) is 5.32. The zero-order valence-corrected chi connectivity index (χ0v) is 18.4. The molecule has 4 rings (SSSR count). The van der Waals surface area contributed by atoms with Gasteiger partial charge in [0.05, 0.1) is 10.7 Å². The number of piperidine rings is 1. The molecule has 0 bridgehead atoms. The third kappa shape index (κ3) is 6.18. The lowest BCUT2D eigenvalue weighted by molar-refractivity contribution is -0.127. The zero-order chi connectivity index (χ0) is 21.5. The van der Waals surface area contributed by atoms with E-state index in [1.165, 1.54) is 0 Å². The summed E-state index contributed by atoms with van der Waals surface area (Å²) in [5, 5.41) is 3.04. The number of amides is 1. The maximum atomic E-state index is 12.6. The number of aromatic nitrogens is 1. The van der Waals surface area contributed by atoms with E-state index in [1.54, 1.807) is 17.4 Å². The number of aryl methyl sites for hydroxylation is 1. The summed E-state index contributed by atoms with van der Waals surface area (Å²) >= 11 is 1.62. The minimum Gasteiger partial charge on any atom is -0.490 e. The van der Waals surface area contributed by atoms with E-state index < -0.39 is 0 Å². The van der Waals surface area contributed by atoms with Gasteiger partial charge in [0.15, 0.2) is 0 Å². The van der Waals surface area contributed by atoms with Crippen molar-refractivity contribution in [1.29, 1.82) is 0 Å². The molecule has 0 N–H and O–H groups in total. The summed E-state index contributed by atoms with van der Waals surface area (Å²) in [5.74, 6) is 1.68. The van der Waals surface area contributed by atoms with Crippen molar-refractivity contribution in [1.82, 2.24) is 9.88 Å². The number of carbonyl (C=O) groups excluding carboxylic acids is 1. The molecule has 0 unspecified atom stereocenters. The van der Waals surface area contributed by atoms with Crippen molar-refractivity contribution in [2.75, 3.05) is 13.1 Å². The van der Waals surface area contributed by atoms with Crippen molar-refractivity contribution >= 4 is 23.3 Å². The van der Waals surface area contributed by atoms with Crippen molar-refractivity contribution < 1.29 is 14.3 Å². The van der Waals surface area contributed by atoms with Gasteiger partial charge >= 0.3 is 0 Å². The predicted molar refractivity (Wildman–Crippen MR) is 123 cm³/mol. The molecule has 1 amide bonds. The van der Waals surface area contributed by atoms with Crippen LogP contribution in [-0.2, 0) is 11.4 Å². The molecule has 3 aromatic rings. The van der Waals surface area contributed by atoms with Crippen LogP contribution in [-0.4, -0.2) is 35.0 Å². The average Bonchev–Trinajstić information content (AvgIpc) is 3.23. The lowest BCUT2D eigenvalue weighted by atomic mass is 10.1. The molecule has 1 aromatic heterocycles. The van der Waals surface area contributed by atoms with Crippen LogP contribution in [0.5, 0.6) is 11.5 Å². The Labute approximate surface area is 187 Å². The average molecular weight is 435 g/mol. The van der Waals surface area contributed by atoms with E-state index in [1.807, 2.05) is 77.9 Å². The van der Waals surface area contributed by atoms with Crippen LogP contribution >= 0.6 is 11.3 Å². The number of ether oxygens (including phenoxy) is 2. The Kier molecular flexibility index (Phi) is 6.99. The van der Waals surface area contributed by atoms with Crippen molar-refractivity contribution in [3.05, 3.63) is 82.3 Å². The molecule has 5 nitrogen and oxygen atoms in total. The predicted octanol–water partition coefficient (Wildman–Crippen LogP) is 5.11. The van der Waals surface area contributed by atoms with Crippen molar-refractivity contribution in [2.45, 2.75) is 32.5 Å². The molecule has 0 radical (unpaired) electrons. The maximum Gasteiger partial charge on any atom is 0.246 e. The second-order valence-electron chi connectivity index (χ2n) is 7.51. The van der Waals surface area contributed by atoms with Crippen LogP contribution in [0.25, 0.3) is 6.08 Å². The van der Waals surface area contributed by atoms with Gasteiger partial charge in [-0.25, -0.2) is 4.98 Å². The number of nitrogens with zero attached hydrogens (tertiary/aromatic N) is 2. The van der Waals surface area contributed by atoms with Crippen LogP contribution < -0.4 is 9.47 Å². The molecular formula is C25H26N2O3S. The van der Waals surface area contributed by atoms with Gasteiger partial charge in [-0.1, -0.05) is 30.3 Å². The second-order valence-corrected chi connectivity index (χ2v) is 8.57. The molecular weight excluding hydrogens is 408 g/mol. The highest BCUT2D eigenvalue weighted by Gasteiger charge is 2.22. The third-order valence-electron chi connectivity index (χ3n) is 5.13. The molecule has 0 atom stereocenters. The number of hydrogen-bond donors (Lipinski definition) is 0. The normalized spacial score (nSPS) is 14.7. The number of likely N-dealkylation sites (tertiary alicyclic amines) is 1. The Balaban J connectivity index is 1.26. The van der Waals surface area contributed by atoms with Gasteiger partial charge in [-0.05, 0) is 42.8 Å². The minimum absolute atomic E-state index is 0.0300. The van der Waals surface area contributed by atoms with Crippen LogP contribution in [0.15, 0.2) is 66.1 Å². The molecule has 31 heavy (non-hydrogen) atoms. The number of hydrogen-bond acceptors (Lipinski definition) is 5. The summed E-state index contributed by atoms with van der Waals surface area (Å²) in [6.45, 7) is 3.83. The SMILES string of the molecule is Cc1nc(COc2cccc(/C=C\C(=O)N3CCC(Oc4ccccc4)CC3)c2)cs1. The van der Waals surface area contributed by atoms with E-state index >= 15 is 0 Å². The first-order valence-electron chi connectivity index (χ1n) is 10.5. The summed E-state index contributed by atoms with van der Waals surface area (Å²) in [5.41, 5.74) is 1.86. The number of rotatable bonds is 7. The molecule has 1 saturated heterocycles. The van der Waals surface area contributed by atoms with E-state index in [4.69, 9.17) is 9.47 Å². The maximum absolute atomic E-state index is 12.6. The number of thiazole rings is 1. The lowest BCUT2D eigenvalue weighted by Crippen LogP contribution is -2.41. The highest BCUT2D eigenvalue weighted by molar-refractivity contribution is 7.09. The number of para-hydroxylation sites is 1. The Hall–Kier alpha value is -3.12. The fourth-order valence-corrected chi connectivity index (χ4v) is 4.10. The van der Waals surface area contributed by atoms with Gasteiger partial charge in [0.2, 0.25) is 5.91 Å². The van der Waals surface area contributed by atoms with Crippen LogP contribution in [0, 0.1) is 6.92 Å². The summed E-state index contributed by atoms with van der Waals surface area (Å²) in [4.78, 5) is 18.9. The van der Waals surface area contributed by atoms with Crippen LogP contribution in [0.4, 0.5) is 0 Å². The van der Waals surface area contributed by atoms with E-state index in [0.717, 1.165) is 40.6 Å². The minimum atomic E-state index is 0.0300. The van der Waals surface area contributed by atoms with E-state index in [0.29, 0.717) is 19.7 Å². The fourth-order valence-electron chi connectivity index (χ4n) is 3.50. The Morgan fingerprint density at radius 2 is 1.90 bits per heavy atom. The molecule has 0 aliphatic carbocycles. The fraction of sp³-hybridized carbons (Fsp3) is 0.280. The first kappa shape index (κ1) is 21.1. The quantitative estimate of drug-likeness (QED) is 0.485. The second kappa shape index (κ2) is 10.3. The molecule has 2 heterocycles. The van der Waals surface area contributed by atoms with E-state index in [9.17, 15) is 4.79 Å². The van der Waals surface area contributed by atoms with E-state index in [-0.39, 0.29) is 12.0 Å². The van der Waals surface area contributed by atoms with Gasteiger partial charge < -0.3 is 14.4 Å². The van der Waals surface area contributed by atoms with Gasteiger partial charge in [0.1, 0.15) is 24.2 Å². The highest BCUT2D eigenvalue weighted by Crippen LogP contribution is 2.20. The summed E-state index contributed by atoms with van der Waals surface area (Å²) < 4.78 is 11.8. The van der Waals surface area contributed by atoms with Gasteiger partial charge in [-0.15, -0.1) is 11.3 Å². The summed E-state index contributed by atoms with van der Waals surface area (Å²) in [6, 6.07) is 17.6. The van der Waals surface area contributed by atoms with Crippen LogP contribution in [0.3, 0.4) is 0 Å². The van der Waals surface area contributed by atoms with Gasteiger partial charge in [0, 0.05) is 37.4 Å². The molecule has 160 valence electrons. The smallest absolute Gasteiger partial charge is 0.246 e. The summed E-state index contributed by atoms with van der Waals surface area (Å²) in [7, 11) is 0. The third-order valence-corrected chi connectivity index (χ3v) is 5.95. The van der Waals surface area contributed by atoms with E-state index in [2.05, 4.69) is 4.98 Å². The Bertz CT molecular complexity index is 1020. The first-order chi connectivity index (χ1) is 15.2. The largest absolute Gasteiger partial charge is 0.490 e. The zero-order valence-electron chi connectivity index (χ0n) is 17.6.